The number of hydrazine groups is 1. The number of nitrogen functional groups attached to an aromatic ring is 1. The Kier molecular flexibility index (Phi) is 3.29. The number of hydrogen-bond acceptors (Lipinski definition) is 4. The molecule has 6 nitrogen and oxygen atoms in total. The third-order valence-electron chi connectivity index (χ3n) is 2.49. The van der Waals surface area contributed by atoms with Gasteiger partial charge in [0.25, 0.3) is 5.56 Å². The summed E-state index contributed by atoms with van der Waals surface area (Å²) in [4.78, 5) is 22.9. The van der Waals surface area contributed by atoms with Gasteiger partial charge < -0.3 is 8.98 Å². The summed E-state index contributed by atoms with van der Waals surface area (Å²) in [6.07, 6.45) is 1.68. The fourth-order valence-electron chi connectivity index (χ4n) is 1.56. The zero-order valence-corrected chi connectivity index (χ0v) is 9.84. The van der Waals surface area contributed by atoms with E-state index in [-0.39, 0.29) is 17.9 Å². The average Bonchev–Trinajstić information content (AvgIpc) is 2.80. The lowest BCUT2D eigenvalue weighted by molar-refractivity contribution is 0.0924. The summed E-state index contributed by atoms with van der Waals surface area (Å²) in [6, 6.07) is 6.52. The normalized spacial score (nSPS) is 10.3. The van der Waals surface area contributed by atoms with E-state index in [1.807, 2.05) is 18.4 Å². The zero-order chi connectivity index (χ0) is 13.1. The number of amides is 1. The van der Waals surface area contributed by atoms with E-state index in [1.54, 1.807) is 12.3 Å². The minimum atomic E-state index is -0.502. The van der Waals surface area contributed by atoms with Crippen molar-refractivity contribution in [3.8, 4) is 0 Å². The molecule has 3 N–H and O–H groups in total. The second kappa shape index (κ2) is 4.89. The highest BCUT2D eigenvalue weighted by molar-refractivity contribution is 5.90. The molecule has 0 atom stereocenters. The number of carbonyl (C=O) groups excluding carboxylic acids is 1. The number of nitrogens with one attached hydrogen (secondary N) is 1. The van der Waals surface area contributed by atoms with E-state index in [4.69, 9.17) is 10.3 Å². The van der Waals surface area contributed by atoms with Gasteiger partial charge in [-0.1, -0.05) is 0 Å². The van der Waals surface area contributed by atoms with Crippen molar-refractivity contribution in [2.24, 2.45) is 5.84 Å². The molecule has 1 amide bonds. The number of nitrogens with zero attached hydrogens (tertiary/aromatic N) is 1. The molecule has 0 fully saturated rings. The van der Waals surface area contributed by atoms with E-state index < -0.39 is 5.91 Å². The van der Waals surface area contributed by atoms with E-state index >= 15 is 0 Å². The van der Waals surface area contributed by atoms with Crippen molar-refractivity contribution in [2.75, 3.05) is 0 Å². The van der Waals surface area contributed by atoms with Crippen LogP contribution >= 0.6 is 0 Å². The first-order valence-corrected chi connectivity index (χ1v) is 5.37. The number of furan rings is 1. The molecule has 2 aromatic rings. The number of nitrogens with two attached hydrogens (primary N) is 1. The largest absolute Gasteiger partial charge is 0.454 e. The lowest BCUT2D eigenvalue weighted by Gasteiger charge is -2.03. The fraction of sp³-hybridized carbons (Fsp3) is 0.167. The minimum Gasteiger partial charge on any atom is -0.454 e. The molecule has 0 saturated carbocycles. The van der Waals surface area contributed by atoms with E-state index in [9.17, 15) is 9.59 Å². The van der Waals surface area contributed by atoms with Crippen LogP contribution in [-0.4, -0.2) is 10.5 Å². The van der Waals surface area contributed by atoms with E-state index in [0.717, 1.165) is 5.56 Å². The predicted molar refractivity (Wildman–Crippen MR) is 64.9 cm³/mol. The molecular weight excluding hydrogens is 234 g/mol. The Morgan fingerprint density at radius 2 is 2.22 bits per heavy atom. The number of hydrogen-bond donors (Lipinski definition) is 2. The Morgan fingerprint density at radius 3 is 2.89 bits per heavy atom. The summed E-state index contributed by atoms with van der Waals surface area (Å²) in [5.74, 6) is 5.12. The molecule has 0 radical (unpaired) electrons. The summed E-state index contributed by atoms with van der Waals surface area (Å²) in [5.41, 5.74) is 2.76. The van der Waals surface area contributed by atoms with Crippen LogP contribution in [0.5, 0.6) is 0 Å². The van der Waals surface area contributed by atoms with Crippen LogP contribution in [0.25, 0.3) is 0 Å². The molecule has 0 aliphatic carbocycles. The molecule has 0 unspecified atom stereocenters. The number of aromatic nitrogens is 1. The van der Waals surface area contributed by atoms with Crippen molar-refractivity contribution in [1.82, 2.24) is 9.99 Å². The number of carbonyl (C=O) groups is 1. The first-order valence-electron chi connectivity index (χ1n) is 5.37. The Hall–Kier alpha value is -2.34. The zero-order valence-electron chi connectivity index (χ0n) is 9.84. The first-order chi connectivity index (χ1) is 8.60. The maximum Gasteiger partial charge on any atom is 0.300 e. The smallest absolute Gasteiger partial charge is 0.300 e. The van der Waals surface area contributed by atoms with Crippen molar-refractivity contribution < 1.29 is 9.21 Å². The summed E-state index contributed by atoms with van der Waals surface area (Å²) >= 11 is 0. The van der Waals surface area contributed by atoms with Gasteiger partial charge in [-0.3, -0.25) is 15.0 Å². The van der Waals surface area contributed by atoms with Gasteiger partial charge in [0.1, 0.15) is 5.76 Å². The number of rotatable bonds is 3. The summed E-state index contributed by atoms with van der Waals surface area (Å²) in [6.45, 7) is 2.12. The molecule has 0 saturated heterocycles. The summed E-state index contributed by atoms with van der Waals surface area (Å²) < 4.78 is 6.77. The van der Waals surface area contributed by atoms with Gasteiger partial charge in [0, 0.05) is 12.3 Å². The molecule has 2 heterocycles. The minimum absolute atomic E-state index is 0.115. The van der Waals surface area contributed by atoms with Crippen LogP contribution < -0.4 is 16.8 Å². The second-order valence-electron chi connectivity index (χ2n) is 3.91. The standard InChI is InChI=1S/C12H13N3O3/c1-8-4-5-15(11(16)6-8)7-9-2-3-10(18-9)12(17)14-13/h2-6H,7,13H2,1H3,(H,14,17). The topological polar surface area (TPSA) is 90.3 Å². The summed E-state index contributed by atoms with van der Waals surface area (Å²) in [5, 5.41) is 0. The van der Waals surface area contributed by atoms with Gasteiger partial charge in [0.15, 0.2) is 5.76 Å². The quantitative estimate of drug-likeness (QED) is 0.466. The SMILES string of the molecule is Cc1ccn(Cc2ccc(C(=O)NN)o2)c(=O)c1. The van der Waals surface area contributed by atoms with Gasteiger partial charge in [0.2, 0.25) is 0 Å². The Bertz CT molecular complexity index is 627. The van der Waals surface area contributed by atoms with Crippen molar-refractivity contribution in [2.45, 2.75) is 13.5 Å². The maximum atomic E-state index is 11.7. The van der Waals surface area contributed by atoms with Gasteiger partial charge in [-0.15, -0.1) is 0 Å². The van der Waals surface area contributed by atoms with Crippen LogP contribution in [0, 0.1) is 6.92 Å². The molecule has 2 aromatic heterocycles. The molecule has 0 aliphatic heterocycles. The third-order valence-corrected chi connectivity index (χ3v) is 2.49. The third kappa shape index (κ3) is 2.49. The Labute approximate surface area is 103 Å². The number of pyridine rings is 1. The Balaban J connectivity index is 2.21. The molecule has 0 aromatic carbocycles. The van der Waals surface area contributed by atoms with Gasteiger partial charge in [-0.2, -0.15) is 0 Å². The van der Waals surface area contributed by atoms with Gasteiger partial charge >= 0.3 is 5.91 Å². The van der Waals surface area contributed by atoms with E-state index in [2.05, 4.69) is 0 Å². The Morgan fingerprint density at radius 1 is 1.44 bits per heavy atom. The maximum absolute atomic E-state index is 11.7. The van der Waals surface area contributed by atoms with Gasteiger partial charge in [-0.25, -0.2) is 5.84 Å². The first kappa shape index (κ1) is 12.1. The molecule has 0 aliphatic rings. The van der Waals surface area contributed by atoms with Gasteiger partial charge in [0.05, 0.1) is 6.54 Å². The van der Waals surface area contributed by atoms with Crippen molar-refractivity contribution in [3.05, 3.63) is 57.9 Å². The molecule has 0 spiro atoms. The highest BCUT2D eigenvalue weighted by atomic mass is 16.4. The van der Waals surface area contributed by atoms with Crippen LogP contribution in [0.3, 0.4) is 0 Å². The molecular formula is C12H13N3O3. The molecule has 2 rings (SSSR count). The molecule has 18 heavy (non-hydrogen) atoms. The van der Waals surface area contributed by atoms with Crippen LogP contribution in [0.2, 0.25) is 0 Å². The van der Waals surface area contributed by atoms with Crippen LogP contribution in [0.15, 0.2) is 39.7 Å². The molecule has 6 heteroatoms. The van der Waals surface area contributed by atoms with E-state index in [1.165, 1.54) is 16.7 Å². The van der Waals surface area contributed by atoms with Crippen molar-refractivity contribution in [3.63, 3.8) is 0 Å². The van der Waals surface area contributed by atoms with Crippen LogP contribution in [0.4, 0.5) is 0 Å². The molecule has 94 valence electrons. The second-order valence-corrected chi connectivity index (χ2v) is 3.91. The predicted octanol–water partition coefficient (Wildman–Crippen LogP) is 0.402. The average molecular weight is 247 g/mol. The monoisotopic (exact) mass is 247 g/mol. The summed E-state index contributed by atoms with van der Waals surface area (Å²) in [7, 11) is 0. The highest BCUT2D eigenvalue weighted by Gasteiger charge is 2.09. The van der Waals surface area contributed by atoms with Crippen LogP contribution in [0.1, 0.15) is 21.9 Å². The lowest BCUT2D eigenvalue weighted by Crippen LogP contribution is -2.29. The molecule has 0 bridgehead atoms. The van der Waals surface area contributed by atoms with Crippen molar-refractivity contribution in [1.29, 1.82) is 0 Å². The number of aryl methyl sites for hydroxylation is 1. The van der Waals surface area contributed by atoms with Crippen LogP contribution in [-0.2, 0) is 6.54 Å². The van der Waals surface area contributed by atoms with Gasteiger partial charge in [-0.05, 0) is 30.7 Å². The van der Waals surface area contributed by atoms with Crippen molar-refractivity contribution >= 4 is 5.91 Å². The van der Waals surface area contributed by atoms with E-state index in [0.29, 0.717) is 5.76 Å². The fourth-order valence-corrected chi connectivity index (χ4v) is 1.56. The lowest BCUT2D eigenvalue weighted by atomic mass is 10.3. The highest BCUT2D eigenvalue weighted by Crippen LogP contribution is 2.08.